The van der Waals surface area contributed by atoms with Crippen LogP contribution >= 0.6 is 12.6 Å². The van der Waals surface area contributed by atoms with Gasteiger partial charge < -0.3 is 5.32 Å². The zero-order valence-corrected chi connectivity index (χ0v) is 11.2. The fourth-order valence-corrected chi connectivity index (χ4v) is 1.65. The number of hydrogen-bond acceptors (Lipinski definition) is 2. The Balaban J connectivity index is 2.73. The Morgan fingerprint density at radius 2 is 2.12 bits per heavy atom. The largest absolute Gasteiger partial charge is 0.349 e. The fraction of sp³-hybridized carbons (Fsp3) is 0.462. The van der Waals surface area contributed by atoms with Gasteiger partial charge >= 0.3 is 0 Å². The zero-order valence-electron chi connectivity index (χ0n) is 10.3. The van der Waals surface area contributed by atoms with Crippen molar-refractivity contribution in [1.29, 1.82) is 0 Å². The topological polar surface area (TPSA) is 29.1 Å². The smallest absolute Gasteiger partial charge is 0.251 e. The molecule has 0 aliphatic heterocycles. The lowest BCUT2D eigenvalue weighted by Gasteiger charge is -2.19. The summed E-state index contributed by atoms with van der Waals surface area (Å²) in [6, 6.07) is 4.26. The lowest BCUT2D eigenvalue weighted by atomic mass is 10.0. The molecule has 1 N–H and O–H groups in total. The second-order valence-electron chi connectivity index (χ2n) is 4.31. The van der Waals surface area contributed by atoms with E-state index in [0.29, 0.717) is 11.5 Å². The summed E-state index contributed by atoms with van der Waals surface area (Å²) in [5.74, 6) is -0.192. The molecule has 17 heavy (non-hydrogen) atoms. The van der Waals surface area contributed by atoms with Gasteiger partial charge in [-0.25, -0.2) is 4.39 Å². The third-order valence-corrected chi connectivity index (χ3v) is 3.41. The number of carbonyl (C=O) groups excluding carboxylic acids is 1. The molecule has 1 rings (SSSR count). The third-order valence-electron chi connectivity index (χ3n) is 3.06. The lowest BCUT2D eigenvalue weighted by Crippen LogP contribution is -2.36. The molecular formula is C13H18FNOS. The van der Waals surface area contributed by atoms with E-state index in [1.807, 2.05) is 6.92 Å². The molecule has 4 heteroatoms. The van der Waals surface area contributed by atoms with E-state index in [1.54, 1.807) is 0 Å². The highest BCUT2D eigenvalue weighted by Gasteiger charge is 2.15. The summed E-state index contributed by atoms with van der Waals surface area (Å²) in [7, 11) is 0. The first-order valence-electron chi connectivity index (χ1n) is 5.75. The van der Waals surface area contributed by atoms with Crippen molar-refractivity contribution in [3.8, 4) is 0 Å². The zero-order chi connectivity index (χ0) is 13.0. The normalized spacial score (nSPS) is 14.2. The third kappa shape index (κ3) is 3.73. The van der Waals surface area contributed by atoms with E-state index < -0.39 is 5.82 Å². The Labute approximate surface area is 107 Å². The van der Waals surface area contributed by atoms with Crippen LogP contribution in [0, 0.1) is 11.7 Å². The van der Waals surface area contributed by atoms with Crippen molar-refractivity contribution < 1.29 is 9.18 Å². The molecule has 2 unspecified atom stereocenters. The van der Waals surface area contributed by atoms with Gasteiger partial charge in [-0.1, -0.05) is 20.3 Å². The molecular weight excluding hydrogens is 237 g/mol. The predicted octanol–water partition coefficient (Wildman–Crippen LogP) is 3.28. The minimum absolute atomic E-state index is 0.0981. The molecule has 1 amide bonds. The maximum absolute atomic E-state index is 13.0. The van der Waals surface area contributed by atoms with Gasteiger partial charge in [0.25, 0.3) is 5.91 Å². The van der Waals surface area contributed by atoms with E-state index in [9.17, 15) is 9.18 Å². The van der Waals surface area contributed by atoms with Crippen LogP contribution in [0.2, 0.25) is 0 Å². The van der Waals surface area contributed by atoms with Crippen molar-refractivity contribution in [3.63, 3.8) is 0 Å². The number of carbonyl (C=O) groups is 1. The van der Waals surface area contributed by atoms with Gasteiger partial charge in [-0.3, -0.25) is 4.79 Å². The van der Waals surface area contributed by atoms with E-state index in [2.05, 4.69) is 31.8 Å². The van der Waals surface area contributed by atoms with Gasteiger partial charge in [0.05, 0.1) is 0 Å². The van der Waals surface area contributed by atoms with Crippen LogP contribution in [0.5, 0.6) is 0 Å². The van der Waals surface area contributed by atoms with Gasteiger partial charge in [-0.05, 0) is 31.0 Å². The van der Waals surface area contributed by atoms with E-state index in [4.69, 9.17) is 0 Å². The monoisotopic (exact) mass is 255 g/mol. The fourth-order valence-electron chi connectivity index (χ4n) is 1.44. The number of halogens is 1. The molecule has 1 aromatic rings. The second-order valence-corrected chi connectivity index (χ2v) is 4.80. The predicted molar refractivity (Wildman–Crippen MR) is 70.0 cm³/mol. The number of rotatable bonds is 4. The SMILES string of the molecule is CCC(C)C(C)NC(=O)c1ccc(F)c(S)c1. The van der Waals surface area contributed by atoms with Crippen LogP contribution < -0.4 is 5.32 Å². The number of benzene rings is 1. The summed E-state index contributed by atoms with van der Waals surface area (Å²) in [4.78, 5) is 12.1. The quantitative estimate of drug-likeness (QED) is 0.794. The number of nitrogens with one attached hydrogen (secondary N) is 1. The molecule has 0 saturated heterocycles. The first-order valence-corrected chi connectivity index (χ1v) is 6.19. The molecule has 94 valence electrons. The molecule has 2 nitrogen and oxygen atoms in total. The average molecular weight is 255 g/mol. The molecule has 1 aromatic carbocycles. The number of amides is 1. The van der Waals surface area contributed by atoms with Crippen molar-refractivity contribution in [3.05, 3.63) is 29.6 Å². The van der Waals surface area contributed by atoms with Gasteiger partial charge in [0, 0.05) is 16.5 Å². The summed E-state index contributed by atoms with van der Waals surface area (Å²) in [5.41, 5.74) is 0.437. The molecule has 0 spiro atoms. The molecule has 0 aliphatic carbocycles. The van der Waals surface area contributed by atoms with E-state index in [0.717, 1.165) is 6.42 Å². The lowest BCUT2D eigenvalue weighted by molar-refractivity contribution is 0.0928. The van der Waals surface area contributed by atoms with Gasteiger partial charge in [-0.2, -0.15) is 0 Å². The Kier molecular flexibility index (Phi) is 5.00. The first kappa shape index (κ1) is 14.0. The number of thiol groups is 1. The molecule has 0 aliphatic rings. The summed E-state index contributed by atoms with van der Waals surface area (Å²) in [6.45, 7) is 6.13. The van der Waals surface area contributed by atoms with Crippen molar-refractivity contribution >= 4 is 18.5 Å². The average Bonchev–Trinajstić information content (AvgIpc) is 2.31. The Morgan fingerprint density at radius 1 is 1.47 bits per heavy atom. The van der Waals surface area contributed by atoms with Crippen molar-refractivity contribution in [2.75, 3.05) is 0 Å². The van der Waals surface area contributed by atoms with E-state index in [-0.39, 0.29) is 16.8 Å². The first-order chi connectivity index (χ1) is 7.95. The second kappa shape index (κ2) is 6.05. The van der Waals surface area contributed by atoms with Gasteiger partial charge in [0.2, 0.25) is 0 Å². The molecule has 0 bridgehead atoms. The highest BCUT2D eigenvalue weighted by Crippen LogP contribution is 2.15. The van der Waals surface area contributed by atoms with Crippen LogP contribution in [-0.4, -0.2) is 11.9 Å². The van der Waals surface area contributed by atoms with Crippen LogP contribution in [0.3, 0.4) is 0 Å². The summed E-state index contributed by atoms with van der Waals surface area (Å²) in [6.07, 6.45) is 1.00. The van der Waals surface area contributed by atoms with E-state index in [1.165, 1.54) is 18.2 Å². The summed E-state index contributed by atoms with van der Waals surface area (Å²) >= 11 is 3.96. The van der Waals surface area contributed by atoms with Crippen LogP contribution in [-0.2, 0) is 0 Å². The maximum Gasteiger partial charge on any atom is 0.251 e. The molecule has 2 atom stereocenters. The maximum atomic E-state index is 13.0. The minimum atomic E-state index is -0.417. The minimum Gasteiger partial charge on any atom is -0.349 e. The van der Waals surface area contributed by atoms with Crippen LogP contribution in [0.15, 0.2) is 23.1 Å². The highest BCUT2D eigenvalue weighted by molar-refractivity contribution is 7.80. The Morgan fingerprint density at radius 3 is 2.65 bits per heavy atom. The van der Waals surface area contributed by atoms with Gasteiger partial charge in [0.15, 0.2) is 0 Å². The Hall–Kier alpha value is -1.03. The molecule has 0 saturated carbocycles. The van der Waals surface area contributed by atoms with Gasteiger partial charge in [-0.15, -0.1) is 12.6 Å². The van der Waals surface area contributed by atoms with Crippen molar-refractivity contribution in [2.45, 2.75) is 38.1 Å². The molecule has 0 radical (unpaired) electrons. The van der Waals surface area contributed by atoms with Crippen LogP contribution in [0.4, 0.5) is 4.39 Å². The van der Waals surface area contributed by atoms with Crippen molar-refractivity contribution in [2.24, 2.45) is 5.92 Å². The molecule has 0 aromatic heterocycles. The van der Waals surface area contributed by atoms with E-state index >= 15 is 0 Å². The highest BCUT2D eigenvalue weighted by atomic mass is 32.1. The summed E-state index contributed by atoms with van der Waals surface area (Å²) < 4.78 is 13.0. The van der Waals surface area contributed by atoms with Gasteiger partial charge in [0.1, 0.15) is 5.82 Å². The molecule has 0 heterocycles. The van der Waals surface area contributed by atoms with Crippen molar-refractivity contribution in [1.82, 2.24) is 5.32 Å². The summed E-state index contributed by atoms with van der Waals surface area (Å²) in [5, 5.41) is 2.90. The standard InChI is InChI=1S/C13H18FNOS/c1-4-8(2)9(3)15-13(16)10-5-6-11(14)12(17)7-10/h5-9,17H,4H2,1-3H3,(H,15,16). The Bertz CT molecular complexity index is 408. The molecule has 0 fully saturated rings. The van der Waals surface area contributed by atoms with Crippen LogP contribution in [0.1, 0.15) is 37.6 Å². The number of hydrogen-bond donors (Lipinski definition) is 2. The van der Waals surface area contributed by atoms with Crippen LogP contribution in [0.25, 0.3) is 0 Å².